The number of carboxylic acids is 1. The lowest BCUT2D eigenvalue weighted by molar-refractivity contribution is -0.131. The standard InChI is InChI=1S/C17H22INO5S/c1-10-2-4-11(5-3-10)16(20)19(12-7-23-9-24-8-12)13-6-14(18)25-15(13)17(21)22/h6,10-12H,2-5,7-9H2,1H3,(H,21,22)/t10-,11-. The van der Waals surface area contributed by atoms with E-state index in [4.69, 9.17) is 9.47 Å². The average molecular weight is 479 g/mol. The third-order valence-electron chi connectivity index (χ3n) is 4.89. The Kier molecular flexibility index (Phi) is 6.35. The van der Waals surface area contributed by atoms with E-state index in [0.29, 0.717) is 24.8 Å². The Morgan fingerprint density at radius 1 is 1.24 bits per heavy atom. The molecule has 2 aliphatic rings. The number of carbonyl (C=O) groups excluding carboxylic acids is 1. The lowest BCUT2D eigenvalue weighted by atomic mass is 9.82. The molecule has 138 valence electrons. The van der Waals surface area contributed by atoms with Crippen LogP contribution < -0.4 is 4.90 Å². The number of aromatic carboxylic acids is 1. The Morgan fingerprint density at radius 3 is 2.48 bits per heavy atom. The van der Waals surface area contributed by atoms with Gasteiger partial charge in [0.05, 0.1) is 27.8 Å². The number of halogens is 1. The number of carboxylic acid groups (broad SMARTS) is 1. The first kappa shape index (κ1) is 19.1. The van der Waals surface area contributed by atoms with Gasteiger partial charge in [-0.25, -0.2) is 4.79 Å². The van der Waals surface area contributed by atoms with Crippen LogP contribution >= 0.6 is 33.9 Å². The van der Waals surface area contributed by atoms with Crippen molar-refractivity contribution < 1.29 is 24.2 Å². The number of amides is 1. The minimum Gasteiger partial charge on any atom is -0.477 e. The summed E-state index contributed by atoms with van der Waals surface area (Å²) >= 11 is 3.29. The lowest BCUT2D eigenvalue weighted by Crippen LogP contribution is -2.51. The molecular weight excluding hydrogens is 457 g/mol. The van der Waals surface area contributed by atoms with Crippen molar-refractivity contribution in [1.29, 1.82) is 0 Å². The van der Waals surface area contributed by atoms with Crippen LogP contribution in [0.5, 0.6) is 0 Å². The second kappa shape index (κ2) is 8.32. The number of hydrogen-bond acceptors (Lipinski definition) is 5. The highest BCUT2D eigenvalue weighted by Gasteiger charge is 2.36. The highest BCUT2D eigenvalue weighted by atomic mass is 127. The van der Waals surface area contributed by atoms with Gasteiger partial charge in [0.2, 0.25) is 5.91 Å². The van der Waals surface area contributed by atoms with Crippen molar-refractivity contribution in [3.8, 4) is 0 Å². The molecule has 25 heavy (non-hydrogen) atoms. The predicted molar refractivity (Wildman–Crippen MR) is 103 cm³/mol. The van der Waals surface area contributed by atoms with E-state index in [1.54, 1.807) is 11.0 Å². The van der Waals surface area contributed by atoms with Gasteiger partial charge in [-0.05, 0) is 60.3 Å². The van der Waals surface area contributed by atoms with Crippen LogP contribution in [0.25, 0.3) is 0 Å². The van der Waals surface area contributed by atoms with Crippen LogP contribution in [-0.2, 0) is 14.3 Å². The van der Waals surface area contributed by atoms with Crippen molar-refractivity contribution in [3.63, 3.8) is 0 Å². The van der Waals surface area contributed by atoms with E-state index in [2.05, 4.69) is 29.5 Å². The molecule has 1 amide bonds. The molecule has 0 bridgehead atoms. The summed E-state index contributed by atoms with van der Waals surface area (Å²) in [5.74, 6) is -0.411. The Balaban J connectivity index is 1.92. The maximum atomic E-state index is 13.3. The van der Waals surface area contributed by atoms with E-state index in [1.807, 2.05) is 0 Å². The topological polar surface area (TPSA) is 76.1 Å². The second-order valence-electron chi connectivity index (χ2n) is 6.75. The van der Waals surface area contributed by atoms with E-state index in [-0.39, 0.29) is 29.5 Å². The van der Waals surface area contributed by atoms with Crippen molar-refractivity contribution in [3.05, 3.63) is 13.8 Å². The zero-order valence-corrected chi connectivity index (χ0v) is 17.0. The average Bonchev–Trinajstić information content (AvgIpc) is 2.98. The van der Waals surface area contributed by atoms with Crippen molar-refractivity contribution in [1.82, 2.24) is 0 Å². The number of ether oxygens (including phenoxy) is 2. The Morgan fingerprint density at radius 2 is 1.88 bits per heavy atom. The molecule has 1 N–H and O–H groups in total. The molecule has 1 saturated heterocycles. The van der Waals surface area contributed by atoms with Gasteiger partial charge in [-0.15, -0.1) is 11.3 Å². The summed E-state index contributed by atoms with van der Waals surface area (Å²) in [4.78, 5) is 26.8. The number of nitrogens with zero attached hydrogens (tertiary/aromatic N) is 1. The first-order valence-corrected chi connectivity index (χ1v) is 10.4. The Bertz CT molecular complexity index is 635. The van der Waals surface area contributed by atoms with E-state index in [9.17, 15) is 14.7 Å². The maximum Gasteiger partial charge on any atom is 0.348 e. The third kappa shape index (κ3) is 4.35. The summed E-state index contributed by atoms with van der Waals surface area (Å²) in [5.41, 5.74) is 0.477. The zero-order chi connectivity index (χ0) is 18.0. The van der Waals surface area contributed by atoms with Gasteiger partial charge in [-0.2, -0.15) is 0 Å². The van der Waals surface area contributed by atoms with Crippen LogP contribution in [0.1, 0.15) is 42.3 Å². The van der Waals surface area contributed by atoms with Crippen molar-refractivity contribution in [2.24, 2.45) is 11.8 Å². The van der Waals surface area contributed by atoms with Crippen molar-refractivity contribution >= 4 is 51.5 Å². The van der Waals surface area contributed by atoms with Crippen LogP contribution in [-0.4, -0.2) is 43.0 Å². The molecule has 1 aromatic heterocycles. The minimum absolute atomic E-state index is 0.00250. The first-order chi connectivity index (χ1) is 12.0. The van der Waals surface area contributed by atoms with Crippen LogP contribution in [0, 0.1) is 14.7 Å². The number of carbonyl (C=O) groups is 2. The predicted octanol–water partition coefficient (Wildman–Crippen LogP) is 3.58. The molecule has 1 aliphatic carbocycles. The summed E-state index contributed by atoms with van der Waals surface area (Å²) < 4.78 is 11.6. The summed E-state index contributed by atoms with van der Waals surface area (Å²) in [6.07, 6.45) is 3.78. The monoisotopic (exact) mass is 479 g/mol. The van der Waals surface area contributed by atoms with E-state index >= 15 is 0 Å². The number of rotatable bonds is 4. The van der Waals surface area contributed by atoms with Gasteiger partial charge >= 0.3 is 5.97 Å². The molecule has 2 heterocycles. The van der Waals surface area contributed by atoms with Gasteiger partial charge in [0, 0.05) is 5.92 Å². The molecule has 0 aromatic carbocycles. The summed E-state index contributed by atoms with van der Waals surface area (Å²) in [5, 5.41) is 9.56. The molecule has 0 unspecified atom stereocenters. The molecular formula is C17H22INO5S. The fraction of sp³-hybridized carbons (Fsp3) is 0.647. The molecule has 3 rings (SSSR count). The quantitative estimate of drug-likeness (QED) is 0.669. The molecule has 1 saturated carbocycles. The largest absolute Gasteiger partial charge is 0.477 e. The van der Waals surface area contributed by atoms with E-state index in [1.165, 1.54) is 11.3 Å². The summed E-state index contributed by atoms with van der Waals surface area (Å²) in [6, 6.07) is 1.50. The van der Waals surface area contributed by atoms with Crippen molar-refractivity contribution in [2.75, 3.05) is 24.9 Å². The fourth-order valence-corrected chi connectivity index (χ4v) is 5.18. The Labute approximate surface area is 164 Å². The SMILES string of the molecule is C[C@H]1CC[C@H](C(=O)N(c2cc(I)sc2C(=O)O)C2COCOC2)CC1. The Hall–Kier alpha value is -0.710. The van der Waals surface area contributed by atoms with Gasteiger partial charge < -0.3 is 19.5 Å². The van der Waals surface area contributed by atoms with Gasteiger partial charge in [0.15, 0.2) is 0 Å². The normalized spacial score (nSPS) is 24.9. The smallest absolute Gasteiger partial charge is 0.348 e. The summed E-state index contributed by atoms with van der Waals surface area (Å²) in [7, 11) is 0. The third-order valence-corrected chi connectivity index (χ3v) is 6.76. The highest BCUT2D eigenvalue weighted by molar-refractivity contribution is 14.1. The minimum atomic E-state index is -1.00. The van der Waals surface area contributed by atoms with Crippen LogP contribution in [0.3, 0.4) is 0 Å². The van der Waals surface area contributed by atoms with E-state index in [0.717, 1.165) is 28.6 Å². The molecule has 6 nitrogen and oxygen atoms in total. The van der Waals surface area contributed by atoms with Crippen LogP contribution in [0.2, 0.25) is 0 Å². The molecule has 2 fully saturated rings. The van der Waals surface area contributed by atoms with E-state index < -0.39 is 5.97 Å². The second-order valence-corrected chi connectivity index (χ2v) is 9.69. The van der Waals surface area contributed by atoms with Gasteiger partial charge in [0.25, 0.3) is 0 Å². The molecule has 8 heteroatoms. The summed E-state index contributed by atoms with van der Waals surface area (Å²) in [6.45, 7) is 3.15. The first-order valence-electron chi connectivity index (χ1n) is 8.48. The number of hydrogen-bond donors (Lipinski definition) is 1. The maximum absolute atomic E-state index is 13.3. The highest BCUT2D eigenvalue weighted by Crippen LogP contribution is 2.37. The number of thiophene rings is 1. The molecule has 1 aromatic rings. The molecule has 0 spiro atoms. The lowest BCUT2D eigenvalue weighted by Gasteiger charge is -2.37. The number of anilines is 1. The van der Waals surface area contributed by atoms with Gasteiger partial charge in [0.1, 0.15) is 11.7 Å². The van der Waals surface area contributed by atoms with Gasteiger partial charge in [-0.1, -0.05) is 6.92 Å². The fourth-order valence-electron chi connectivity index (χ4n) is 3.51. The van der Waals surface area contributed by atoms with Gasteiger partial charge in [-0.3, -0.25) is 4.79 Å². The zero-order valence-electron chi connectivity index (χ0n) is 14.1. The molecule has 1 aliphatic heterocycles. The molecule has 0 atom stereocenters. The van der Waals surface area contributed by atoms with Crippen LogP contribution in [0.4, 0.5) is 5.69 Å². The van der Waals surface area contributed by atoms with Crippen molar-refractivity contribution in [2.45, 2.75) is 38.6 Å². The molecule has 0 radical (unpaired) electrons. The van der Waals surface area contributed by atoms with Crippen LogP contribution in [0.15, 0.2) is 6.07 Å².